The fraction of sp³-hybridized carbons (Fsp3) is 0.333. The molecule has 12 heavy (non-hydrogen) atoms. The number of hydrogen-bond donors (Lipinski definition) is 0. The minimum atomic E-state index is -1.30. The fourth-order valence-electron chi connectivity index (χ4n) is 0.932. The van der Waals surface area contributed by atoms with Crippen LogP contribution in [0.15, 0.2) is 18.5 Å². The van der Waals surface area contributed by atoms with Crippen molar-refractivity contribution in [3.63, 3.8) is 0 Å². The molecule has 0 atom stereocenters. The van der Waals surface area contributed by atoms with Crippen molar-refractivity contribution in [1.82, 2.24) is 4.98 Å². The fourth-order valence-corrected chi connectivity index (χ4v) is 1.99. The lowest BCUT2D eigenvalue weighted by Gasteiger charge is -2.15. The van der Waals surface area contributed by atoms with E-state index in [9.17, 15) is 4.79 Å². The molecule has 0 saturated carbocycles. The summed E-state index contributed by atoms with van der Waals surface area (Å²) in [4.78, 5) is 14.5. The zero-order chi connectivity index (χ0) is 9.19. The maximum Gasteiger partial charge on any atom is 0.151 e. The molecule has 1 aromatic rings. The minimum absolute atomic E-state index is 0.676. The molecular weight excluding hydrogens is 166 g/mol. The Morgan fingerprint density at radius 2 is 2.00 bits per heavy atom. The summed E-state index contributed by atoms with van der Waals surface area (Å²) in [5.74, 6) is 0. The van der Waals surface area contributed by atoms with Crippen LogP contribution in [0.4, 0.5) is 0 Å². The molecule has 0 bridgehead atoms. The highest BCUT2D eigenvalue weighted by atomic mass is 28.3. The lowest BCUT2D eigenvalue weighted by atomic mass is 10.3. The van der Waals surface area contributed by atoms with Gasteiger partial charge in [-0.2, -0.15) is 0 Å². The molecule has 1 heterocycles. The molecule has 1 aromatic heterocycles. The number of rotatable bonds is 2. The molecule has 0 N–H and O–H groups in total. The van der Waals surface area contributed by atoms with Crippen LogP contribution < -0.4 is 5.19 Å². The Labute approximate surface area is 73.7 Å². The highest BCUT2D eigenvalue weighted by Crippen LogP contribution is 2.01. The van der Waals surface area contributed by atoms with Gasteiger partial charge in [-0.25, -0.2) is 0 Å². The van der Waals surface area contributed by atoms with E-state index < -0.39 is 8.07 Å². The molecule has 0 amide bonds. The number of aldehydes is 1. The van der Waals surface area contributed by atoms with Crippen LogP contribution in [0.2, 0.25) is 19.6 Å². The predicted molar refractivity (Wildman–Crippen MR) is 52.6 cm³/mol. The topological polar surface area (TPSA) is 30.0 Å². The van der Waals surface area contributed by atoms with E-state index in [-0.39, 0.29) is 0 Å². The Bertz CT molecular complexity index is 291. The highest BCUT2D eigenvalue weighted by molar-refractivity contribution is 6.88. The second kappa shape index (κ2) is 3.19. The van der Waals surface area contributed by atoms with Gasteiger partial charge in [0.1, 0.15) is 0 Å². The summed E-state index contributed by atoms with van der Waals surface area (Å²) in [5, 5.41) is 1.23. The number of pyridine rings is 1. The van der Waals surface area contributed by atoms with Crippen LogP contribution in [-0.4, -0.2) is 19.3 Å². The third kappa shape index (κ3) is 2.01. The largest absolute Gasteiger partial charge is 0.298 e. The normalized spacial score (nSPS) is 11.2. The summed E-state index contributed by atoms with van der Waals surface area (Å²) >= 11 is 0. The monoisotopic (exact) mass is 179 g/mol. The second-order valence-electron chi connectivity index (χ2n) is 3.87. The van der Waals surface area contributed by atoms with Crippen LogP contribution in [0.3, 0.4) is 0 Å². The maximum atomic E-state index is 10.5. The zero-order valence-corrected chi connectivity index (χ0v) is 8.66. The quantitative estimate of drug-likeness (QED) is 0.508. The van der Waals surface area contributed by atoms with Crippen LogP contribution in [0.5, 0.6) is 0 Å². The Morgan fingerprint density at radius 1 is 1.33 bits per heavy atom. The highest BCUT2D eigenvalue weighted by Gasteiger charge is 2.16. The molecule has 0 aromatic carbocycles. The standard InChI is InChI=1S/C9H13NOSi/c1-12(2,3)9-4-8(7-11)5-10-6-9/h4-7H,1-3H3. The van der Waals surface area contributed by atoms with E-state index in [0.29, 0.717) is 5.56 Å². The van der Waals surface area contributed by atoms with Crippen molar-refractivity contribution in [2.24, 2.45) is 0 Å². The van der Waals surface area contributed by atoms with Crippen molar-refractivity contribution in [3.8, 4) is 0 Å². The van der Waals surface area contributed by atoms with E-state index in [2.05, 4.69) is 24.6 Å². The van der Waals surface area contributed by atoms with Gasteiger partial charge in [0.2, 0.25) is 0 Å². The first kappa shape index (κ1) is 9.13. The van der Waals surface area contributed by atoms with Gasteiger partial charge in [-0.05, 0) is 11.3 Å². The molecule has 0 aliphatic rings. The van der Waals surface area contributed by atoms with Gasteiger partial charge in [-0.1, -0.05) is 19.6 Å². The van der Waals surface area contributed by atoms with Crippen LogP contribution >= 0.6 is 0 Å². The van der Waals surface area contributed by atoms with Crippen molar-refractivity contribution >= 4 is 19.5 Å². The molecule has 0 unspecified atom stereocenters. The number of nitrogens with zero attached hydrogens (tertiary/aromatic N) is 1. The van der Waals surface area contributed by atoms with Crippen LogP contribution in [0.25, 0.3) is 0 Å². The summed E-state index contributed by atoms with van der Waals surface area (Å²) in [6.45, 7) is 6.70. The SMILES string of the molecule is C[Si](C)(C)c1cncc(C=O)c1. The third-order valence-electron chi connectivity index (χ3n) is 1.76. The number of aromatic nitrogens is 1. The summed E-state index contributed by atoms with van der Waals surface area (Å²) in [5.41, 5.74) is 0.676. The Kier molecular flexibility index (Phi) is 2.42. The smallest absolute Gasteiger partial charge is 0.151 e. The van der Waals surface area contributed by atoms with Crippen molar-refractivity contribution in [2.45, 2.75) is 19.6 Å². The van der Waals surface area contributed by atoms with Crippen molar-refractivity contribution in [1.29, 1.82) is 0 Å². The summed E-state index contributed by atoms with van der Waals surface area (Å²) in [6.07, 6.45) is 4.30. The molecule has 3 heteroatoms. The number of carbonyl (C=O) groups excluding carboxylic acids is 1. The van der Waals surface area contributed by atoms with E-state index in [1.165, 1.54) is 5.19 Å². The zero-order valence-electron chi connectivity index (χ0n) is 7.66. The average Bonchev–Trinajstić information content (AvgIpc) is 2.03. The molecule has 0 aliphatic heterocycles. The molecule has 0 aliphatic carbocycles. The summed E-state index contributed by atoms with van der Waals surface area (Å²) in [6, 6.07) is 1.94. The van der Waals surface area contributed by atoms with Crippen molar-refractivity contribution < 1.29 is 4.79 Å². The lowest BCUT2D eigenvalue weighted by Crippen LogP contribution is -2.38. The van der Waals surface area contributed by atoms with Crippen molar-refractivity contribution in [3.05, 3.63) is 24.0 Å². The van der Waals surface area contributed by atoms with Gasteiger partial charge in [0.25, 0.3) is 0 Å². The second-order valence-corrected chi connectivity index (χ2v) is 8.95. The molecule has 0 radical (unpaired) electrons. The van der Waals surface area contributed by atoms with E-state index in [0.717, 1.165) is 6.29 Å². The van der Waals surface area contributed by atoms with Gasteiger partial charge >= 0.3 is 0 Å². The Hall–Kier alpha value is -0.963. The van der Waals surface area contributed by atoms with E-state index in [4.69, 9.17) is 0 Å². The minimum Gasteiger partial charge on any atom is -0.298 e. The molecule has 1 rings (SSSR count). The Morgan fingerprint density at radius 3 is 2.50 bits per heavy atom. The van der Waals surface area contributed by atoms with Gasteiger partial charge in [-0.15, -0.1) is 0 Å². The molecule has 0 saturated heterocycles. The molecular formula is C9H13NOSi. The van der Waals surface area contributed by atoms with Gasteiger partial charge in [0, 0.05) is 18.0 Å². The molecule has 0 fully saturated rings. The van der Waals surface area contributed by atoms with Crippen molar-refractivity contribution in [2.75, 3.05) is 0 Å². The Balaban J connectivity index is 3.10. The van der Waals surface area contributed by atoms with Gasteiger partial charge < -0.3 is 0 Å². The first-order valence-electron chi connectivity index (χ1n) is 3.95. The van der Waals surface area contributed by atoms with Gasteiger partial charge in [-0.3, -0.25) is 9.78 Å². The first-order valence-corrected chi connectivity index (χ1v) is 7.45. The summed E-state index contributed by atoms with van der Waals surface area (Å²) in [7, 11) is -1.30. The summed E-state index contributed by atoms with van der Waals surface area (Å²) < 4.78 is 0. The van der Waals surface area contributed by atoms with E-state index >= 15 is 0 Å². The third-order valence-corrected chi connectivity index (χ3v) is 3.77. The van der Waals surface area contributed by atoms with Crippen LogP contribution in [0.1, 0.15) is 10.4 Å². The van der Waals surface area contributed by atoms with E-state index in [1.54, 1.807) is 6.20 Å². The number of hydrogen-bond acceptors (Lipinski definition) is 2. The number of carbonyl (C=O) groups is 1. The lowest BCUT2D eigenvalue weighted by molar-refractivity contribution is 0.112. The maximum absolute atomic E-state index is 10.5. The van der Waals surface area contributed by atoms with Gasteiger partial charge in [0.05, 0.1) is 8.07 Å². The predicted octanol–water partition coefficient (Wildman–Crippen LogP) is 1.44. The average molecular weight is 179 g/mol. The van der Waals surface area contributed by atoms with Crippen LogP contribution in [0, 0.1) is 0 Å². The molecule has 2 nitrogen and oxygen atoms in total. The first-order chi connectivity index (χ1) is 5.54. The molecule has 64 valence electrons. The van der Waals surface area contributed by atoms with E-state index in [1.807, 2.05) is 12.3 Å². The molecule has 0 spiro atoms. The van der Waals surface area contributed by atoms with Crippen LogP contribution in [-0.2, 0) is 0 Å². The van der Waals surface area contributed by atoms with Gasteiger partial charge in [0.15, 0.2) is 6.29 Å².